The van der Waals surface area contributed by atoms with E-state index < -0.39 is 29.1 Å². The summed E-state index contributed by atoms with van der Waals surface area (Å²) in [6, 6.07) is 14.2. The molecule has 0 fully saturated rings. The van der Waals surface area contributed by atoms with E-state index in [1.807, 2.05) is 18.2 Å². The van der Waals surface area contributed by atoms with Crippen LogP contribution in [-0.2, 0) is 26.3 Å². The fourth-order valence-corrected chi connectivity index (χ4v) is 5.33. The molecule has 2 aromatic rings. The van der Waals surface area contributed by atoms with Crippen molar-refractivity contribution in [1.29, 1.82) is 0 Å². The molecule has 0 saturated carbocycles. The first-order valence-corrected chi connectivity index (χ1v) is 18.0. The molecule has 27 heavy (non-hydrogen) atoms. The molecule has 0 aromatic heterocycles. The summed E-state index contributed by atoms with van der Waals surface area (Å²) in [5, 5.41) is 12.0. The number of methoxy groups -OCH3 is 1. The van der Waals surface area contributed by atoms with E-state index in [9.17, 15) is 5.11 Å². The van der Waals surface area contributed by atoms with E-state index in [0.717, 1.165) is 22.2 Å². The molecule has 0 heterocycles. The quantitative estimate of drug-likeness (QED) is 0.547. The second-order valence-electron chi connectivity index (χ2n) is 7.84. The predicted octanol–water partition coefficient (Wildman–Crippen LogP) is 5.62. The second-order valence-corrected chi connectivity index (χ2v) is 15.9. The zero-order chi connectivity index (χ0) is 20.8. The van der Waals surface area contributed by atoms with Crippen LogP contribution >= 0.6 is 17.0 Å². The van der Waals surface area contributed by atoms with Crippen molar-refractivity contribution in [3.05, 3.63) is 48.0 Å². The Labute approximate surface area is 183 Å². The van der Waals surface area contributed by atoms with Crippen molar-refractivity contribution < 1.29 is 30.7 Å². The van der Waals surface area contributed by atoms with Gasteiger partial charge in [0.2, 0.25) is 0 Å². The summed E-state index contributed by atoms with van der Waals surface area (Å²) in [7, 11) is 11.6. The van der Waals surface area contributed by atoms with Crippen LogP contribution in [-0.4, -0.2) is 27.5 Å². The number of anilines is 1. The van der Waals surface area contributed by atoms with E-state index in [4.69, 9.17) is 21.8 Å². The van der Waals surface area contributed by atoms with Crippen LogP contribution in [0.3, 0.4) is 0 Å². The predicted molar refractivity (Wildman–Crippen MR) is 117 cm³/mol. The number of benzene rings is 2. The van der Waals surface area contributed by atoms with Gasteiger partial charge in [-0.25, -0.2) is 0 Å². The zero-order valence-electron chi connectivity index (χ0n) is 17.1. The molecule has 0 saturated heterocycles. The van der Waals surface area contributed by atoms with Gasteiger partial charge in [0, 0.05) is 10.9 Å². The van der Waals surface area contributed by atoms with Crippen LogP contribution < -0.4 is 14.5 Å². The molecule has 2 rings (SSSR count). The molecular formula is C20H29Cl2NO2SiZr. The van der Waals surface area contributed by atoms with E-state index in [1.54, 1.807) is 7.11 Å². The van der Waals surface area contributed by atoms with Crippen LogP contribution in [0.2, 0.25) is 13.1 Å². The monoisotopic (exact) mass is 503 g/mol. The third-order valence-corrected chi connectivity index (χ3v) is 8.46. The maximum absolute atomic E-state index is 10.9. The van der Waals surface area contributed by atoms with E-state index in [0.29, 0.717) is 5.75 Å². The Hall–Kier alpha value is -0.480. The van der Waals surface area contributed by atoms with Gasteiger partial charge in [0.05, 0.1) is 7.11 Å². The molecule has 0 atom stereocenters. The van der Waals surface area contributed by atoms with Gasteiger partial charge in [-0.1, -0.05) is 39.0 Å². The first kappa shape index (κ1) is 24.6. The summed E-state index contributed by atoms with van der Waals surface area (Å²) in [6.45, 7) is 10.9. The number of hydrogen-bond donors (Lipinski definition) is 1. The number of phenolic OH excluding ortho intramolecular Hbond substituents is 1. The molecule has 1 N–H and O–H groups in total. The van der Waals surface area contributed by atoms with E-state index >= 15 is 0 Å². The summed E-state index contributed by atoms with van der Waals surface area (Å²) < 4.78 is 7.56. The minimum absolute atomic E-state index is 0.0801. The fraction of sp³-hybridized carbons (Fsp3) is 0.400. The fourth-order valence-electron chi connectivity index (χ4n) is 2.95. The van der Waals surface area contributed by atoms with Crippen molar-refractivity contribution in [2.24, 2.45) is 0 Å². The van der Waals surface area contributed by atoms with Crippen molar-refractivity contribution >= 4 is 36.1 Å². The van der Waals surface area contributed by atoms with Gasteiger partial charge < -0.3 is 14.4 Å². The van der Waals surface area contributed by atoms with Crippen molar-refractivity contribution in [2.45, 2.75) is 39.3 Å². The Kier molecular flexibility index (Phi) is 9.41. The molecule has 0 bridgehead atoms. The van der Waals surface area contributed by atoms with Crippen LogP contribution in [0, 0.1) is 0 Å². The average Bonchev–Trinajstić information content (AvgIpc) is 2.61. The topological polar surface area (TPSA) is 32.7 Å². The molecule has 0 spiro atoms. The van der Waals surface area contributed by atoms with Gasteiger partial charge >= 0.3 is 37.9 Å². The Morgan fingerprint density at radius 3 is 2.00 bits per heavy atom. The number of nitrogens with zero attached hydrogens (tertiary/aromatic N) is 1. The van der Waals surface area contributed by atoms with E-state index in [2.05, 4.69) is 69.7 Å². The number of para-hydroxylation sites is 1. The Bertz CT molecular complexity index is 734. The summed E-state index contributed by atoms with van der Waals surface area (Å²) in [6.07, 6.45) is 0. The first-order valence-electron chi connectivity index (χ1n) is 8.67. The van der Waals surface area contributed by atoms with Crippen LogP contribution in [0.4, 0.5) is 5.69 Å². The maximum atomic E-state index is 10.9. The van der Waals surface area contributed by atoms with Crippen LogP contribution in [0.25, 0.3) is 0 Å². The Morgan fingerprint density at radius 1 is 1.04 bits per heavy atom. The zero-order valence-corrected chi connectivity index (χ0v) is 22.1. The van der Waals surface area contributed by atoms with Gasteiger partial charge in [0.1, 0.15) is 11.5 Å². The first-order chi connectivity index (χ1) is 12.5. The second kappa shape index (κ2) is 10.3. The van der Waals surface area contributed by atoms with Crippen molar-refractivity contribution in [1.82, 2.24) is 0 Å². The molecule has 2 aromatic carbocycles. The number of rotatable bonds is 4. The minimum atomic E-state index is -2.06. The molecule has 0 aliphatic heterocycles. The van der Waals surface area contributed by atoms with Crippen molar-refractivity contribution in [3.8, 4) is 11.5 Å². The third-order valence-electron chi connectivity index (χ3n) is 4.80. The molecular weight excluding hydrogens is 476 g/mol. The molecule has 0 radical (unpaired) electrons. The molecule has 0 amide bonds. The molecule has 0 aliphatic carbocycles. The molecule has 148 valence electrons. The van der Waals surface area contributed by atoms with Crippen molar-refractivity contribution in [3.63, 3.8) is 0 Å². The van der Waals surface area contributed by atoms with Crippen LogP contribution in [0.15, 0.2) is 42.5 Å². The summed E-state index contributed by atoms with van der Waals surface area (Å²) in [5.74, 6) is 1.30. The molecule has 0 unspecified atom stereocenters. The van der Waals surface area contributed by atoms with Gasteiger partial charge in [-0.05, 0) is 55.4 Å². The number of aromatic hydroxyl groups is 1. The number of halogens is 2. The van der Waals surface area contributed by atoms with Gasteiger partial charge in [0.15, 0.2) is 8.24 Å². The number of ether oxygens (including phenoxy) is 1. The van der Waals surface area contributed by atoms with Gasteiger partial charge in [-0.3, -0.25) is 0 Å². The average molecular weight is 506 g/mol. The number of phenols is 1. The summed E-state index contributed by atoms with van der Waals surface area (Å²) >= 11 is -0.826. The van der Waals surface area contributed by atoms with Crippen molar-refractivity contribution in [2.75, 3.05) is 18.7 Å². The number of hydrogen-bond acceptors (Lipinski definition) is 3. The molecule has 0 aliphatic rings. The van der Waals surface area contributed by atoms with Crippen LogP contribution in [0.5, 0.6) is 11.5 Å². The Balaban J connectivity index is 0.00000114. The Morgan fingerprint density at radius 2 is 1.56 bits per heavy atom. The SMILES string of the molecule is COc1ccc(N(C)[Si](C)(C)c2cccc(C(C)(C)C)c2O)cc1.[Cl][Zr][Cl]. The standard InChI is InChI=1S/C20H29NO2Si.2ClH.Zr/c1-20(2,3)17-9-8-10-18(19(17)22)24(6,7)21(4)15-11-13-16(23-5)14-12-15;;;/h8-14,22H,1-7H3;2*1H;/q;;;+2/p-2. The van der Waals surface area contributed by atoms with Gasteiger partial charge in [-0.2, -0.15) is 0 Å². The van der Waals surface area contributed by atoms with Gasteiger partial charge in [0.25, 0.3) is 0 Å². The van der Waals surface area contributed by atoms with E-state index in [1.165, 1.54) is 0 Å². The molecule has 3 nitrogen and oxygen atoms in total. The summed E-state index contributed by atoms with van der Waals surface area (Å²) in [5.41, 5.74) is 2.06. The summed E-state index contributed by atoms with van der Waals surface area (Å²) in [4.78, 5) is 0. The van der Waals surface area contributed by atoms with Gasteiger partial charge in [-0.15, -0.1) is 0 Å². The normalized spacial score (nSPS) is 11.3. The van der Waals surface area contributed by atoms with E-state index in [-0.39, 0.29) is 5.41 Å². The van der Waals surface area contributed by atoms with Crippen LogP contribution in [0.1, 0.15) is 26.3 Å². The molecule has 7 heteroatoms. The third kappa shape index (κ3) is 6.25.